The van der Waals surface area contributed by atoms with E-state index in [-0.39, 0.29) is 11.8 Å². The first-order valence-electron chi connectivity index (χ1n) is 11.1. The van der Waals surface area contributed by atoms with Crippen LogP contribution in [-0.2, 0) is 17.6 Å². The minimum Gasteiger partial charge on any atom is -0.497 e. The SMILES string of the molecule is CCNC(=NCC1CC(=O)N(CCc2ccccc2)C1)NCCc1cccc(OC)c1. The summed E-state index contributed by atoms with van der Waals surface area (Å²) in [7, 11) is 1.68. The lowest BCUT2D eigenvalue weighted by molar-refractivity contribution is -0.127. The van der Waals surface area contributed by atoms with E-state index in [1.54, 1.807) is 7.11 Å². The fourth-order valence-electron chi connectivity index (χ4n) is 3.82. The second-order valence-electron chi connectivity index (χ2n) is 7.89. The van der Waals surface area contributed by atoms with Crippen molar-refractivity contribution in [2.75, 3.05) is 39.8 Å². The summed E-state index contributed by atoms with van der Waals surface area (Å²) in [5, 5.41) is 6.70. The Morgan fingerprint density at radius 3 is 2.68 bits per heavy atom. The zero-order valence-electron chi connectivity index (χ0n) is 18.6. The molecule has 166 valence electrons. The molecule has 1 heterocycles. The summed E-state index contributed by atoms with van der Waals surface area (Å²) in [4.78, 5) is 19.1. The zero-order chi connectivity index (χ0) is 21.9. The normalized spacial score (nSPS) is 16.5. The van der Waals surface area contributed by atoms with Gasteiger partial charge in [-0.2, -0.15) is 0 Å². The smallest absolute Gasteiger partial charge is 0.223 e. The molecule has 1 aliphatic heterocycles. The highest BCUT2D eigenvalue weighted by Gasteiger charge is 2.28. The van der Waals surface area contributed by atoms with E-state index in [1.165, 1.54) is 11.1 Å². The predicted molar refractivity (Wildman–Crippen MR) is 126 cm³/mol. The van der Waals surface area contributed by atoms with Gasteiger partial charge in [0.2, 0.25) is 5.91 Å². The number of likely N-dealkylation sites (tertiary alicyclic amines) is 1. The van der Waals surface area contributed by atoms with Crippen LogP contribution in [-0.4, -0.2) is 56.6 Å². The van der Waals surface area contributed by atoms with Gasteiger partial charge in [0.1, 0.15) is 5.75 Å². The van der Waals surface area contributed by atoms with Crippen LogP contribution in [0.2, 0.25) is 0 Å². The van der Waals surface area contributed by atoms with Crippen LogP contribution >= 0.6 is 0 Å². The van der Waals surface area contributed by atoms with Crippen LogP contribution in [0.3, 0.4) is 0 Å². The second kappa shape index (κ2) is 12.0. The van der Waals surface area contributed by atoms with E-state index in [9.17, 15) is 4.79 Å². The zero-order valence-corrected chi connectivity index (χ0v) is 18.6. The molecule has 1 saturated heterocycles. The minimum absolute atomic E-state index is 0.243. The molecule has 1 aliphatic rings. The Morgan fingerprint density at radius 2 is 1.90 bits per heavy atom. The van der Waals surface area contributed by atoms with Gasteiger partial charge in [-0.3, -0.25) is 9.79 Å². The highest BCUT2D eigenvalue weighted by atomic mass is 16.5. The molecule has 3 rings (SSSR count). The van der Waals surface area contributed by atoms with E-state index in [2.05, 4.69) is 41.8 Å². The second-order valence-corrected chi connectivity index (χ2v) is 7.89. The molecule has 0 spiro atoms. The summed E-state index contributed by atoms with van der Waals surface area (Å²) >= 11 is 0. The predicted octanol–water partition coefficient (Wildman–Crippen LogP) is 2.88. The molecular formula is C25H34N4O2. The average Bonchev–Trinajstić information content (AvgIpc) is 3.16. The Hall–Kier alpha value is -3.02. The first kappa shape index (κ1) is 22.7. The lowest BCUT2D eigenvalue weighted by Crippen LogP contribution is -2.38. The minimum atomic E-state index is 0.243. The van der Waals surface area contributed by atoms with E-state index in [0.29, 0.717) is 13.0 Å². The van der Waals surface area contributed by atoms with Crippen LogP contribution in [0.5, 0.6) is 5.75 Å². The van der Waals surface area contributed by atoms with Crippen molar-refractivity contribution in [1.29, 1.82) is 0 Å². The van der Waals surface area contributed by atoms with Gasteiger partial charge in [0, 0.05) is 45.1 Å². The molecule has 6 heteroatoms. The molecular weight excluding hydrogens is 388 g/mol. The number of methoxy groups -OCH3 is 1. The van der Waals surface area contributed by atoms with Crippen molar-refractivity contribution in [3.05, 3.63) is 65.7 Å². The maximum atomic E-state index is 12.4. The summed E-state index contributed by atoms with van der Waals surface area (Å²) in [6, 6.07) is 18.4. The van der Waals surface area contributed by atoms with Crippen LogP contribution in [0, 0.1) is 5.92 Å². The average molecular weight is 423 g/mol. The number of ether oxygens (including phenoxy) is 1. The first-order chi connectivity index (χ1) is 15.2. The number of amides is 1. The number of nitrogens with zero attached hydrogens (tertiary/aromatic N) is 2. The number of carbonyl (C=O) groups excluding carboxylic acids is 1. The topological polar surface area (TPSA) is 66.0 Å². The highest BCUT2D eigenvalue weighted by molar-refractivity contribution is 5.80. The van der Waals surface area contributed by atoms with E-state index in [0.717, 1.165) is 50.7 Å². The molecule has 2 aromatic rings. The van der Waals surface area contributed by atoms with E-state index >= 15 is 0 Å². The number of hydrogen-bond donors (Lipinski definition) is 2. The number of nitrogens with one attached hydrogen (secondary N) is 2. The molecule has 0 radical (unpaired) electrons. The van der Waals surface area contributed by atoms with Gasteiger partial charge in [0.25, 0.3) is 0 Å². The van der Waals surface area contributed by atoms with Crippen molar-refractivity contribution >= 4 is 11.9 Å². The molecule has 0 bridgehead atoms. The summed E-state index contributed by atoms with van der Waals surface area (Å²) < 4.78 is 5.29. The Balaban J connectivity index is 1.45. The molecule has 0 saturated carbocycles. The molecule has 6 nitrogen and oxygen atoms in total. The fraction of sp³-hybridized carbons (Fsp3) is 0.440. The van der Waals surface area contributed by atoms with Crippen LogP contribution in [0.15, 0.2) is 59.6 Å². The molecule has 1 fully saturated rings. The molecule has 2 N–H and O–H groups in total. The third-order valence-corrected chi connectivity index (χ3v) is 5.50. The van der Waals surface area contributed by atoms with Crippen molar-refractivity contribution in [3.8, 4) is 5.75 Å². The maximum absolute atomic E-state index is 12.4. The Labute approximate surface area is 185 Å². The van der Waals surface area contributed by atoms with Gasteiger partial charge < -0.3 is 20.3 Å². The van der Waals surface area contributed by atoms with Gasteiger partial charge in [-0.25, -0.2) is 0 Å². The van der Waals surface area contributed by atoms with Crippen LogP contribution in [0.4, 0.5) is 0 Å². The fourth-order valence-corrected chi connectivity index (χ4v) is 3.82. The number of carbonyl (C=O) groups is 1. The third-order valence-electron chi connectivity index (χ3n) is 5.50. The molecule has 2 aromatic carbocycles. The summed E-state index contributed by atoms with van der Waals surface area (Å²) in [5.74, 6) is 2.20. The molecule has 1 atom stereocenters. The molecule has 31 heavy (non-hydrogen) atoms. The Bertz CT molecular complexity index is 854. The van der Waals surface area contributed by atoms with Crippen LogP contribution < -0.4 is 15.4 Å². The van der Waals surface area contributed by atoms with E-state index < -0.39 is 0 Å². The number of guanidine groups is 1. The van der Waals surface area contributed by atoms with Crippen molar-refractivity contribution in [3.63, 3.8) is 0 Å². The number of hydrogen-bond acceptors (Lipinski definition) is 3. The largest absolute Gasteiger partial charge is 0.497 e. The van der Waals surface area contributed by atoms with E-state index in [1.807, 2.05) is 35.2 Å². The number of rotatable bonds is 10. The van der Waals surface area contributed by atoms with Gasteiger partial charge >= 0.3 is 0 Å². The van der Waals surface area contributed by atoms with Crippen LogP contribution in [0.25, 0.3) is 0 Å². The molecule has 0 aliphatic carbocycles. The first-order valence-corrected chi connectivity index (χ1v) is 11.1. The van der Waals surface area contributed by atoms with Crippen molar-refractivity contribution in [2.24, 2.45) is 10.9 Å². The lowest BCUT2D eigenvalue weighted by Gasteiger charge is -2.16. The van der Waals surface area contributed by atoms with Gasteiger partial charge in [0.15, 0.2) is 5.96 Å². The van der Waals surface area contributed by atoms with Crippen LogP contribution in [0.1, 0.15) is 24.5 Å². The standard InChI is InChI=1S/C25H34N4O2/c1-3-26-25(27-14-12-21-10-7-11-23(16-21)31-2)28-18-22-17-24(30)29(19-22)15-13-20-8-5-4-6-9-20/h4-11,16,22H,3,12-15,17-19H2,1-2H3,(H2,26,27,28). The summed E-state index contributed by atoms with van der Waals surface area (Å²) in [6.07, 6.45) is 2.37. The number of aliphatic imine (C=N–C) groups is 1. The van der Waals surface area contributed by atoms with Gasteiger partial charge in [-0.15, -0.1) is 0 Å². The quantitative estimate of drug-likeness (QED) is 0.456. The van der Waals surface area contributed by atoms with Crippen molar-refractivity contribution in [2.45, 2.75) is 26.2 Å². The Morgan fingerprint density at radius 1 is 1.10 bits per heavy atom. The highest BCUT2D eigenvalue weighted by Crippen LogP contribution is 2.18. The van der Waals surface area contributed by atoms with Gasteiger partial charge in [-0.05, 0) is 43.0 Å². The van der Waals surface area contributed by atoms with E-state index in [4.69, 9.17) is 9.73 Å². The summed E-state index contributed by atoms with van der Waals surface area (Å²) in [6.45, 7) is 5.87. The van der Waals surface area contributed by atoms with Gasteiger partial charge in [0.05, 0.1) is 7.11 Å². The van der Waals surface area contributed by atoms with Gasteiger partial charge in [-0.1, -0.05) is 42.5 Å². The monoisotopic (exact) mass is 422 g/mol. The van der Waals surface area contributed by atoms with Crippen molar-refractivity contribution < 1.29 is 9.53 Å². The summed E-state index contributed by atoms with van der Waals surface area (Å²) in [5.41, 5.74) is 2.49. The maximum Gasteiger partial charge on any atom is 0.223 e. The molecule has 1 unspecified atom stereocenters. The Kier molecular flexibility index (Phi) is 8.76. The molecule has 1 amide bonds. The third kappa shape index (κ3) is 7.31. The van der Waals surface area contributed by atoms with Crippen molar-refractivity contribution in [1.82, 2.24) is 15.5 Å². The number of benzene rings is 2. The lowest BCUT2D eigenvalue weighted by atomic mass is 10.1. The molecule has 0 aromatic heterocycles.